The highest BCUT2D eigenvalue weighted by molar-refractivity contribution is 7.89. The van der Waals surface area contributed by atoms with Crippen molar-refractivity contribution in [1.29, 1.82) is 0 Å². The molecule has 2 aromatic heterocycles. The summed E-state index contributed by atoms with van der Waals surface area (Å²) in [5, 5.41) is 0.659. The maximum Gasteiger partial charge on any atom is 0.265 e. The van der Waals surface area contributed by atoms with Gasteiger partial charge >= 0.3 is 0 Å². The zero-order chi connectivity index (χ0) is 22.9. The molecule has 176 valence electrons. The van der Waals surface area contributed by atoms with Gasteiger partial charge in [-0.2, -0.15) is 0 Å². The zero-order valence-electron chi connectivity index (χ0n) is 19.0. The first-order valence-corrected chi connectivity index (χ1v) is 13.6. The van der Waals surface area contributed by atoms with Crippen molar-refractivity contribution in [2.24, 2.45) is 7.05 Å². The Hall–Kier alpha value is -1.75. The van der Waals surface area contributed by atoms with E-state index in [0.29, 0.717) is 33.6 Å². The number of likely N-dealkylation sites (tertiary alicyclic amines) is 1. The molecule has 2 fully saturated rings. The quantitative estimate of drug-likeness (QED) is 0.685. The van der Waals surface area contributed by atoms with Crippen LogP contribution in [-0.2, 0) is 21.8 Å². The third kappa shape index (κ3) is 4.78. The Bertz CT molecular complexity index is 1080. The molecule has 2 aliphatic heterocycles. The summed E-state index contributed by atoms with van der Waals surface area (Å²) in [4.78, 5) is 20.6. The van der Waals surface area contributed by atoms with Crippen LogP contribution >= 0.6 is 11.3 Å². The fourth-order valence-corrected chi connectivity index (χ4v) is 6.80. The molecule has 1 atom stereocenters. The lowest BCUT2D eigenvalue weighted by atomic mass is 10.2. The van der Waals surface area contributed by atoms with Crippen molar-refractivity contribution in [2.45, 2.75) is 63.4 Å². The minimum atomic E-state index is -3.68. The molecule has 1 N–H and O–H groups in total. The smallest absolute Gasteiger partial charge is 0.265 e. The van der Waals surface area contributed by atoms with Crippen LogP contribution in [0.15, 0.2) is 11.0 Å². The lowest BCUT2D eigenvalue weighted by Crippen LogP contribution is -2.32. The van der Waals surface area contributed by atoms with Crippen LogP contribution in [0.25, 0.3) is 10.7 Å². The maximum atomic E-state index is 13.1. The highest BCUT2D eigenvalue weighted by atomic mass is 32.2. The molecule has 4 rings (SSSR count). The number of nitrogens with one attached hydrogen (secondary N) is 1. The molecule has 2 aliphatic rings. The van der Waals surface area contributed by atoms with E-state index in [1.807, 2.05) is 23.4 Å². The molecule has 0 aromatic carbocycles. The lowest BCUT2D eigenvalue weighted by Gasteiger charge is -2.19. The monoisotopic (exact) mass is 480 g/mol. The number of aryl methyl sites for hydroxylation is 1. The molecule has 0 spiro atoms. The summed E-state index contributed by atoms with van der Waals surface area (Å²) in [6.07, 6.45) is 6.16. The van der Waals surface area contributed by atoms with Crippen molar-refractivity contribution in [3.05, 3.63) is 22.3 Å². The van der Waals surface area contributed by atoms with E-state index in [2.05, 4.69) is 9.71 Å². The number of aromatic nitrogens is 2. The average Bonchev–Trinajstić information content (AvgIpc) is 3.42. The summed E-state index contributed by atoms with van der Waals surface area (Å²) in [7, 11) is -1.85. The molecule has 4 heterocycles. The predicted molar refractivity (Wildman–Crippen MR) is 125 cm³/mol. The molecule has 0 aliphatic carbocycles. The SMILES string of the molecule is Cc1nc(-c2cc(S(=O)(=O)NC[C@@H]3CCCO3)c(C)n2C)sc1C(=O)N1CCCCCC1. The van der Waals surface area contributed by atoms with Gasteiger partial charge in [-0.25, -0.2) is 18.1 Å². The van der Waals surface area contributed by atoms with Gasteiger partial charge in [-0.3, -0.25) is 4.79 Å². The maximum absolute atomic E-state index is 13.1. The van der Waals surface area contributed by atoms with E-state index in [1.165, 1.54) is 11.3 Å². The second-order valence-corrected chi connectivity index (χ2v) is 11.4. The van der Waals surface area contributed by atoms with Crippen LogP contribution in [0.2, 0.25) is 0 Å². The van der Waals surface area contributed by atoms with Gasteiger partial charge in [0.25, 0.3) is 5.91 Å². The molecular formula is C22H32N4O4S2. The van der Waals surface area contributed by atoms with Gasteiger partial charge < -0.3 is 14.2 Å². The lowest BCUT2D eigenvalue weighted by molar-refractivity contribution is 0.0765. The Morgan fingerprint density at radius 1 is 1.22 bits per heavy atom. The van der Waals surface area contributed by atoms with E-state index in [-0.39, 0.29) is 23.5 Å². The summed E-state index contributed by atoms with van der Waals surface area (Å²) >= 11 is 1.34. The molecule has 0 unspecified atom stereocenters. The van der Waals surface area contributed by atoms with Crippen LogP contribution in [0.4, 0.5) is 0 Å². The molecule has 8 nitrogen and oxygen atoms in total. The Morgan fingerprint density at radius 3 is 2.59 bits per heavy atom. The largest absolute Gasteiger partial charge is 0.377 e. The van der Waals surface area contributed by atoms with Gasteiger partial charge in [-0.05, 0) is 45.6 Å². The fourth-order valence-electron chi connectivity index (χ4n) is 4.36. The minimum Gasteiger partial charge on any atom is -0.377 e. The molecule has 2 aromatic rings. The number of rotatable bonds is 6. The van der Waals surface area contributed by atoms with E-state index in [9.17, 15) is 13.2 Å². The predicted octanol–water partition coefficient (Wildman–Crippen LogP) is 3.24. The number of sulfonamides is 1. The van der Waals surface area contributed by atoms with E-state index < -0.39 is 10.0 Å². The highest BCUT2D eigenvalue weighted by Gasteiger charge is 2.27. The number of thiazole rings is 1. The first-order chi connectivity index (χ1) is 15.3. The fraction of sp³-hybridized carbons (Fsp3) is 0.636. The van der Waals surface area contributed by atoms with Crippen molar-refractivity contribution < 1.29 is 17.9 Å². The topological polar surface area (TPSA) is 93.5 Å². The van der Waals surface area contributed by atoms with Crippen molar-refractivity contribution >= 4 is 27.3 Å². The standard InChI is InChI=1S/C22H32N4O4S2/c1-15-20(22(27)26-10-6-4-5-7-11-26)31-21(24-15)18-13-19(16(2)25(18)3)32(28,29)23-14-17-9-8-12-30-17/h13,17,23H,4-12,14H2,1-3H3/t17-/m0/s1. The summed E-state index contributed by atoms with van der Waals surface area (Å²) in [5.74, 6) is 0.0326. The number of nitrogens with zero attached hydrogens (tertiary/aromatic N) is 3. The van der Waals surface area contributed by atoms with E-state index in [1.54, 1.807) is 13.0 Å². The van der Waals surface area contributed by atoms with Gasteiger partial charge in [0.2, 0.25) is 10.0 Å². The van der Waals surface area contributed by atoms with Crippen molar-refractivity contribution in [3.8, 4) is 10.7 Å². The number of amides is 1. The average molecular weight is 481 g/mol. The number of carbonyl (C=O) groups is 1. The van der Waals surface area contributed by atoms with Gasteiger partial charge in [-0.1, -0.05) is 12.8 Å². The molecule has 0 radical (unpaired) electrons. The van der Waals surface area contributed by atoms with Gasteiger partial charge in [-0.15, -0.1) is 11.3 Å². The van der Waals surface area contributed by atoms with E-state index in [0.717, 1.165) is 51.6 Å². The first kappa shape index (κ1) is 23.4. The Morgan fingerprint density at radius 2 is 1.94 bits per heavy atom. The zero-order valence-corrected chi connectivity index (χ0v) is 20.6. The van der Waals surface area contributed by atoms with Gasteiger partial charge in [0.05, 0.1) is 17.5 Å². The summed E-state index contributed by atoms with van der Waals surface area (Å²) < 4.78 is 36.0. The van der Waals surface area contributed by atoms with Crippen molar-refractivity contribution in [1.82, 2.24) is 19.2 Å². The highest BCUT2D eigenvalue weighted by Crippen LogP contribution is 2.33. The van der Waals surface area contributed by atoms with Gasteiger partial charge in [0.15, 0.2) is 0 Å². The molecule has 2 saturated heterocycles. The first-order valence-electron chi connectivity index (χ1n) is 11.3. The van der Waals surface area contributed by atoms with Crippen molar-refractivity contribution in [3.63, 3.8) is 0 Å². The summed E-state index contributed by atoms with van der Waals surface area (Å²) in [6.45, 7) is 6.16. The summed E-state index contributed by atoms with van der Waals surface area (Å²) in [5.41, 5.74) is 2.02. The van der Waals surface area contributed by atoms with Crippen LogP contribution in [-0.4, -0.2) is 61.1 Å². The third-order valence-corrected chi connectivity index (χ3v) is 9.11. The Balaban J connectivity index is 1.58. The van der Waals surface area contributed by atoms with Crippen LogP contribution in [0, 0.1) is 13.8 Å². The number of ether oxygens (including phenoxy) is 1. The molecule has 32 heavy (non-hydrogen) atoms. The number of carbonyl (C=O) groups excluding carboxylic acids is 1. The van der Waals surface area contributed by atoms with Gasteiger partial charge in [0.1, 0.15) is 14.8 Å². The van der Waals surface area contributed by atoms with Gasteiger partial charge in [0, 0.05) is 39.0 Å². The summed E-state index contributed by atoms with van der Waals surface area (Å²) in [6, 6.07) is 1.66. The molecule has 0 bridgehead atoms. The Kier molecular flexibility index (Phi) is 7.04. The molecule has 0 saturated carbocycles. The van der Waals surface area contributed by atoms with Crippen LogP contribution < -0.4 is 4.72 Å². The number of hydrogen-bond donors (Lipinski definition) is 1. The van der Waals surface area contributed by atoms with Crippen LogP contribution in [0.3, 0.4) is 0 Å². The third-order valence-electron chi connectivity index (χ3n) is 6.41. The molecular weight excluding hydrogens is 448 g/mol. The minimum absolute atomic E-state index is 0.0326. The van der Waals surface area contributed by atoms with E-state index in [4.69, 9.17) is 4.74 Å². The van der Waals surface area contributed by atoms with Crippen molar-refractivity contribution in [2.75, 3.05) is 26.2 Å². The number of hydrogen-bond acceptors (Lipinski definition) is 6. The molecule has 1 amide bonds. The second kappa shape index (κ2) is 9.62. The van der Waals surface area contributed by atoms with Crippen LogP contribution in [0.1, 0.15) is 59.6 Å². The molecule has 10 heteroatoms. The normalized spacial score (nSPS) is 20.0. The van der Waals surface area contributed by atoms with Crippen LogP contribution in [0.5, 0.6) is 0 Å². The van der Waals surface area contributed by atoms with E-state index >= 15 is 0 Å². The second-order valence-electron chi connectivity index (χ2n) is 8.67. The Labute approximate surface area is 194 Å².